The summed E-state index contributed by atoms with van der Waals surface area (Å²) in [5, 5.41) is 7.04. The number of urea groups is 1. The van der Waals surface area contributed by atoms with E-state index >= 15 is 0 Å². The molecule has 0 radical (unpaired) electrons. The zero-order chi connectivity index (χ0) is 16.1. The van der Waals surface area contributed by atoms with Gasteiger partial charge in [-0.2, -0.15) is 0 Å². The molecule has 1 aliphatic carbocycles. The fraction of sp³-hybridized carbons (Fsp3) is 0.733. The highest BCUT2D eigenvalue weighted by molar-refractivity contribution is 7.85. The maximum absolute atomic E-state index is 12.0. The average molecular weight is 344 g/mol. The standard InChI is InChI=1S/C15H25N3O2S2/c1-4-22(20)13-7-5-6-12(8-13)18-15(19)16-9-14-17-10(2)11(3)21-14/h12-13H,4-9H2,1-3H3,(H2,16,18,19)/t12-,13-,22+/m1/s1. The van der Waals surface area contributed by atoms with Crippen LogP contribution in [0.25, 0.3) is 0 Å². The lowest BCUT2D eigenvalue weighted by atomic mass is 9.95. The topological polar surface area (TPSA) is 71.1 Å². The van der Waals surface area contributed by atoms with Crippen LogP contribution in [0.4, 0.5) is 4.79 Å². The fourth-order valence-corrected chi connectivity index (χ4v) is 4.98. The molecular weight excluding hydrogens is 318 g/mol. The molecule has 2 amide bonds. The van der Waals surface area contributed by atoms with Gasteiger partial charge in [-0.3, -0.25) is 4.21 Å². The van der Waals surface area contributed by atoms with Crippen molar-refractivity contribution in [2.75, 3.05) is 5.75 Å². The number of nitrogens with one attached hydrogen (secondary N) is 2. The van der Waals surface area contributed by atoms with Gasteiger partial charge in [-0.25, -0.2) is 9.78 Å². The van der Waals surface area contributed by atoms with E-state index in [-0.39, 0.29) is 17.3 Å². The molecule has 1 aromatic heterocycles. The lowest BCUT2D eigenvalue weighted by Gasteiger charge is -2.29. The highest BCUT2D eigenvalue weighted by Gasteiger charge is 2.26. The smallest absolute Gasteiger partial charge is 0.315 e. The van der Waals surface area contributed by atoms with Crippen LogP contribution in [0.15, 0.2) is 0 Å². The second kappa shape index (κ2) is 8.06. The molecule has 5 nitrogen and oxygen atoms in total. The molecule has 1 aromatic rings. The van der Waals surface area contributed by atoms with Crippen LogP contribution in [0.3, 0.4) is 0 Å². The maximum Gasteiger partial charge on any atom is 0.315 e. The van der Waals surface area contributed by atoms with Crippen molar-refractivity contribution in [1.29, 1.82) is 0 Å². The molecule has 124 valence electrons. The molecule has 0 aromatic carbocycles. The van der Waals surface area contributed by atoms with Gasteiger partial charge in [-0.15, -0.1) is 11.3 Å². The van der Waals surface area contributed by atoms with Crippen LogP contribution >= 0.6 is 11.3 Å². The summed E-state index contributed by atoms with van der Waals surface area (Å²) < 4.78 is 11.9. The van der Waals surface area contributed by atoms with Gasteiger partial charge in [-0.1, -0.05) is 13.3 Å². The first-order valence-corrected chi connectivity index (χ1v) is 10.0. The molecule has 2 N–H and O–H groups in total. The number of hydrogen-bond donors (Lipinski definition) is 2. The van der Waals surface area contributed by atoms with E-state index in [1.807, 2.05) is 20.8 Å². The molecule has 1 heterocycles. The molecular formula is C15H25N3O2S2. The first kappa shape index (κ1) is 17.4. The van der Waals surface area contributed by atoms with Crippen LogP contribution in [0, 0.1) is 13.8 Å². The molecule has 22 heavy (non-hydrogen) atoms. The minimum Gasteiger partial charge on any atom is -0.335 e. The van der Waals surface area contributed by atoms with E-state index in [9.17, 15) is 9.00 Å². The monoisotopic (exact) mass is 343 g/mol. The lowest BCUT2D eigenvalue weighted by Crippen LogP contribution is -2.45. The Morgan fingerprint density at radius 1 is 1.41 bits per heavy atom. The van der Waals surface area contributed by atoms with Crippen molar-refractivity contribution in [3.63, 3.8) is 0 Å². The van der Waals surface area contributed by atoms with E-state index < -0.39 is 10.8 Å². The normalized spacial score (nSPS) is 23.0. The Labute approximate surface area is 138 Å². The molecule has 2 rings (SSSR count). The number of carbonyl (C=O) groups excluding carboxylic acids is 1. The molecule has 0 spiro atoms. The van der Waals surface area contributed by atoms with Crippen LogP contribution in [0.1, 0.15) is 48.2 Å². The largest absolute Gasteiger partial charge is 0.335 e. The minimum atomic E-state index is -0.762. The van der Waals surface area contributed by atoms with Gasteiger partial charge in [0, 0.05) is 32.7 Å². The summed E-state index contributed by atoms with van der Waals surface area (Å²) in [6.45, 7) is 6.43. The van der Waals surface area contributed by atoms with E-state index in [1.54, 1.807) is 11.3 Å². The summed E-state index contributed by atoms with van der Waals surface area (Å²) in [6, 6.07) is -0.0209. The lowest BCUT2D eigenvalue weighted by molar-refractivity contribution is 0.232. The number of hydrogen-bond acceptors (Lipinski definition) is 4. The SMILES string of the molecule is CC[S@](=O)[C@@H]1CCC[C@@H](NC(=O)NCc2nc(C)c(C)s2)C1. The quantitative estimate of drug-likeness (QED) is 0.863. The van der Waals surface area contributed by atoms with Crippen LogP contribution in [-0.4, -0.2) is 32.3 Å². The van der Waals surface area contributed by atoms with Crippen molar-refractivity contribution in [3.05, 3.63) is 15.6 Å². The highest BCUT2D eigenvalue weighted by atomic mass is 32.2. The molecule has 0 unspecified atom stereocenters. The summed E-state index contributed by atoms with van der Waals surface area (Å²) in [4.78, 5) is 17.6. The van der Waals surface area contributed by atoms with Crippen molar-refractivity contribution in [2.24, 2.45) is 0 Å². The number of nitrogens with zero attached hydrogens (tertiary/aromatic N) is 1. The van der Waals surface area contributed by atoms with Crippen LogP contribution in [0.5, 0.6) is 0 Å². The molecule has 0 saturated heterocycles. The Balaban J connectivity index is 1.77. The predicted molar refractivity (Wildman–Crippen MR) is 91.7 cm³/mol. The van der Waals surface area contributed by atoms with Gasteiger partial charge in [0.05, 0.1) is 12.2 Å². The number of thiazole rings is 1. The first-order valence-electron chi connectivity index (χ1n) is 7.84. The van der Waals surface area contributed by atoms with Gasteiger partial charge in [0.25, 0.3) is 0 Å². The number of aromatic nitrogens is 1. The summed E-state index contributed by atoms with van der Waals surface area (Å²) >= 11 is 1.62. The van der Waals surface area contributed by atoms with Gasteiger partial charge < -0.3 is 10.6 Å². The number of amides is 2. The zero-order valence-corrected chi connectivity index (χ0v) is 15.1. The van der Waals surface area contributed by atoms with Crippen molar-refractivity contribution in [2.45, 2.75) is 64.3 Å². The van der Waals surface area contributed by atoms with Crippen LogP contribution in [0.2, 0.25) is 0 Å². The molecule has 0 bridgehead atoms. The van der Waals surface area contributed by atoms with Crippen molar-refractivity contribution in [1.82, 2.24) is 15.6 Å². The van der Waals surface area contributed by atoms with Crippen molar-refractivity contribution in [3.8, 4) is 0 Å². The van der Waals surface area contributed by atoms with E-state index in [0.717, 1.165) is 36.4 Å². The minimum absolute atomic E-state index is 0.133. The van der Waals surface area contributed by atoms with E-state index in [2.05, 4.69) is 15.6 Å². The zero-order valence-electron chi connectivity index (χ0n) is 13.5. The Kier molecular flexibility index (Phi) is 6.37. The Bertz CT molecular complexity index is 525. The van der Waals surface area contributed by atoms with E-state index in [0.29, 0.717) is 12.3 Å². The number of aryl methyl sites for hydroxylation is 2. The van der Waals surface area contributed by atoms with Crippen LogP contribution in [-0.2, 0) is 17.3 Å². The highest BCUT2D eigenvalue weighted by Crippen LogP contribution is 2.23. The third-order valence-corrected chi connectivity index (χ3v) is 6.90. The Morgan fingerprint density at radius 2 is 2.18 bits per heavy atom. The first-order chi connectivity index (χ1) is 10.5. The van der Waals surface area contributed by atoms with Crippen LogP contribution < -0.4 is 10.6 Å². The van der Waals surface area contributed by atoms with Crippen molar-refractivity contribution >= 4 is 28.2 Å². The second-order valence-electron chi connectivity index (χ2n) is 5.73. The van der Waals surface area contributed by atoms with Gasteiger partial charge in [0.2, 0.25) is 0 Å². The summed E-state index contributed by atoms with van der Waals surface area (Å²) in [5.74, 6) is 0.701. The van der Waals surface area contributed by atoms with Gasteiger partial charge >= 0.3 is 6.03 Å². The number of rotatable bonds is 5. The van der Waals surface area contributed by atoms with Gasteiger partial charge in [-0.05, 0) is 33.1 Å². The van der Waals surface area contributed by atoms with Gasteiger partial charge in [0.1, 0.15) is 5.01 Å². The molecule has 1 saturated carbocycles. The average Bonchev–Trinajstić information content (AvgIpc) is 2.83. The second-order valence-corrected chi connectivity index (χ2v) is 9.02. The molecule has 1 fully saturated rings. The summed E-state index contributed by atoms with van der Waals surface area (Å²) in [6.07, 6.45) is 3.84. The van der Waals surface area contributed by atoms with E-state index in [4.69, 9.17) is 0 Å². The predicted octanol–water partition coefficient (Wildman–Crippen LogP) is 2.64. The summed E-state index contributed by atoms with van der Waals surface area (Å²) in [7, 11) is -0.762. The molecule has 0 aliphatic heterocycles. The van der Waals surface area contributed by atoms with E-state index in [1.165, 1.54) is 4.88 Å². The Morgan fingerprint density at radius 3 is 2.82 bits per heavy atom. The van der Waals surface area contributed by atoms with Gasteiger partial charge in [0.15, 0.2) is 0 Å². The maximum atomic E-state index is 12.0. The number of carbonyl (C=O) groups is 1. The molecule has 7 heteroatoms. The third kappa shape index (κ3) is 4.78. The Hall–Kier alpha value is -0.950. The van der Waals surface area contributed by atoms with Crippen molar-refractivity contribution < 1.29 is 9.00 Å². The molecule has 3 atom stereocenters. The third-order valence-electron chi connectivity index (χ3n) is 4.09. The molecule has 1 aliphatic rings. The fourth-order valence-electron chi connectivity index (χ4n) is 2.76. The summed E-state index contributed by atoms with van der Waals surface area (Å²) in [5.41, 5.74) is 1.03.